The molecule has 0 radical (unpaired) electrons. The molecule has 0 heterocycles. The van der Waals surface area contributed by atoms with Crippen LogP contribution in [0, 0.1) is 0 Å². The molecule has 0 fully saturated rings. The highest BCUT2D eigenvalue weighted by atomic mass is 16.1. The van der Waals surface area contributed by atoms with Gasteiger partial charge in [-0.3, -0.25) is 4.79 Å². The molecule has 2 heteroatoms. The normalized spacial score (nSPS) is 14.8. The molecule has 14 heavy (non-hydrogen) atoms. The van der Waals surface area contributed by atoms with Gasteiger partial charge in [-0.25, -0.2) is 0 Å². The van der Waals surface area contributed by atoms with E-state index in [9.17, 15) is 4.79 Å². The van der Waals surface area contributed by atoms with Gasteiger partial charge in [0.15, 0.2) is 5.78 Å². The van der Waals surface area contributed by atoms with Crippen molar-refractivity contribution < 1.29 is 4.79 Å². The third-order valence-electron chi connectivity index (χ3n) is 2.56. The van der Waals surface area contributed by atoms with Gasteiger partial charge in [0.05, 0.1) is 0 Å². The van der Waals surface area contributed by atoms with E-state index >= 15 is 0 Å². The molecule has 0 amide bonds. The molecule has 1 aromatic carbocycles. The van der Waals surface area contributed by atoms with E-state index in [0.717, 1.165) is 12.0 Å². The average molecular weight is 191 g/mol. The molecule has 1 rings (SSSR count). The van der Waals surface area contributed by atoms with Gasteiger partial charge in [-0.1, -0.05) is 43.7 Å². The van der Waals surface area contributed by atoms with E-state index in [2.05, 4.69) is 0 Å². The maximum Gasteiger partial charge on any atom is 0.154 e. The molecule has 2 nitrogen and oxygen atoms in total. The van der Waals surface area contributed by atoms with Crippen LogP contribution in [0.3, 0.4) is 0 Å². The minimum atomic E-state index is -0.796. The number of benzene rings is 1. The summed E-state index contributed by atoms with van der Waals surface area (Å²) in [4.78, 5) is 11.5. The molecule has 76 valence electrons. The molecular weight excluding hydrogens is 174 g/mol. The zero-order valence-corrected chi connectivity index (χ0v) is 8.79. The number of hydrogen-bond acceptors (Lipinski definition) is 2. The van der Waals surface area contributed by atoms with Crippen LogP contribution in [0.4, 0.5) is 0 Å². The minimum absolute atomic E-state index is 0.0329. The van der Waals surface area contributed by atoms with Crippen LogP contribution >= 0.6 is 0 Å². The predicted molar refractivity (Wildman–Crippen MR) is 57.9 cm³/mol. The van der Waals surface area contributed by atoms with Crippen LogP contribution in [-0.2, 0) is 10.3 Å². The van der Waals surface area contributed by atoms with Gasteiger partial charge in [0, 0.05) is 0 Å². The molecule has 0 aliphatic carbocycles. The zero-order valence-electron chi connectivity index (χ0n) is 8.79. The Morgan fingerprint density at radius 2 is 1.93 bits per heavy atom. The van der Waals surface area contributed by atoms with E-state index < -0.39 is 5.54 Å². The lowest BCUT2D eigenvalue weighted by molar-refractivity contribution is -0.122. The zero-order chi connectivity index (χ0) is 10.6. The van der Waals surface area contributed by atoms with Gasteiger partial charge < -0.3 is 5.73 Å². The van der Waals surface area contributed by atoms with Crippen molar-refractivity contribution >= 4 is 5.78 Å². The van der Waals surface area contributed by atoms with Crippen LogP contribution in [0.25, 0.3) is 0 Å². The van der Waals surface area contributed by atoms with Crippen molar-refractivity contribution in [3.05, 3.63) is 35.9 Å². The van der Waals surface area contributed by atoms with Crippen molar-refractivity contribution in [3.63, 3.8) is 0 Å². The molecular formula is C12H17NO. The fraction of sp³-hybridized carbons (Fsp3) is 0.417. The molecule has 0 saturated heterocycles. The first kappa shape index (κ1) is 10.9. The largest absolute Gasteiger partial charge is 0.315 e. The summed E-state index contributed by atoms with van der Waals surface area (Å²) in [5.41, 5.74) is 6.24. The van der Waals surface area contributed by atoms with Crippen molar-refractivity contribution in [3.8, 4) is 0 Å². The Bertz CT molecular complexity index is 307. The summed E-state index contributed by atoms with van der Waals surface area (Å²) in [5.74, 6) is 0.0329. The van der Waals surface area contributed by atoms with Gasteiger partial charge >= 0.3 is 0 Å². The van der Waals surface area contributed by atoms with Crippen molar-refractivity contribution in [2.45, 2.75) is 32.2 Å². The number of hydrogen-bond donors (Lipinski definition) is 1. The quantitative estimate of drug-likeness (QED) is 0.793. The lowest BCUT2D eigenvalue weighted by Gasteiger charge is -2.26. The van der Waals surface area contributed by atoms with Crippen LogP contribution in [0.2, 0.25) is 0 Å². The second-order valence-electron chi connectivity index (χ2n) is 3.64. The molecule has 0 aromatic heterocycles. The Kier molecular flexibility index (Phi) is 3.42. The maximum absolute atomic E-state index is 11.5. The van der Waals surface area contributed by atoms with Crippen LogP contribution < -0.4 is 5.73 Å². The SMILES string of the molecule is CCCC(N)(C(C)=O)c1ccccc1. The maximum atomic E-state index is 11.5. The Balaban J connectivity index is 3.06. The first-order valence-corrected chi connectivity index (χ1v) is 4.96. The fourth-order valence-electron chi connectivity index (χ4n) is 1.65. The number of carbonyl (C=O) groups is 1. The molecule has 0 aliphatic rings. The van der Waals surface area contributed by atoms with E-state index in [-0.39, 0.29) is 5.78 Å². The van der Waals surface area contributed by atoms with Gasteiger partial charge in [0.1, 0.15) is 5.54 Å². The smallest absolute Gasteiger partial charge is 0.154 e. The third-order valence-corrected chi connectivity index (χ3v) is 2.56. The fourth-order valence-corrected chi connectivity index (χ4v) is 1.65. The molecule has 0 bridgehead atoms. The summed E-state index contributed by atoms with van der Waals surface area (Å²) in [6, 6.07) is 9.58. The lowest BCUT2D eigenvalue weighted by atomic mass is 9.83. The van der Waals surface area contributed by atoms with Crippen molar-refractivity contribution in [2.75, 3.05) is 0 Å². The van der Waals surface area contributed by atoms with Crippen LogP contribution in [-0.4, -0.2) is 5.78 Å². The molecule has 0 aliphatic heterocycles. The molecule has 0 spiro atoms. The van der Waals surface area contributed by atoms with E-state index in [1.165, 1.54) is 0 Å². The number of rotatable bonds is 4. The molecule has 2 N–H and O–H groups in total. The van der Waals surface area contributed by atoms with E-state index in [1.54, 1.807) is 6.92 Å². The second-order valence-corrected chi connectivity index (χ2v) is 3.64. The predicted octanol–water partition coefficient (Wildman–Crippen LogP) is 2.23. The number of carbonyl (C=O) groups excluding carboxylic acids is 1. The van der Waals surface area contributed by atoms with Gasteiger partial charge in [-0.15, -0.1) is 0 Å². The average Bonchev–Trinajstić information content (AvgIpc) is 2.19. The second kappa shape index (κ2) is 4.38. The standard InChI is InChI=1S/C12H17NO/c1-3-9-12(13,10(2)14)11-7-5-4-6-8-11/h4-8H,3,9,13H2,1-2H3. The highest BCUT2D eigenvalue weighted by molar-refractivity contribution is 5.87. The van der Waals surface area contributed by atoms with Gasteiger partial charge in [0.25, 0.3) is 0 Å². The Morgan fingerprint density at radius 3 is 2.36 bits per heavy atom. The van der Waals surface area contributed by atoms with Gasteiger partial charge in [-0.2, -0.15) is 0 Å². The Labute approximate surface area is 85.1 Å². The highest BCUT2D eigenvalue weighted by Crippen LogP contribution is 2.24. The first-order valence-electron chi connectivity index (χ1n) is 4.96. The summed E-state index contributed by atoms with van der Waals surface area (Å²) in [5, 5.41) is 0. The summed E-state index contributed by atoms with van der Waals surface area (Å²) >= 11 is 0. The van der Waals surface area contributed by atoms with E-state index in [1.807, 2.05) is 37.3 Å². The molecule has 1 atom stereocenters. The highest BCUT2D eigenvalue weighted by Gasteiger charge is 2.31. The monoisotopic (exact) mass is 191 g/mol. The number of Topliss-reactive ketones (excluding diaryl/α,β-unsaturated/α-hetero) is 1. The molecule has 0 saturated carbocycles. The summed E-state index contributed by atoms with van der Waals surface area (Å²) in [6.45, 7) is 3.59. The van der Waals surface area contributed by atoms with E-state index in [0.29, 0.717) is 6.42 Å². The Hall–Kier alpha value is -1.15. The first-order chi connectivity index (χ1) is 6.61. The van der Waals surface area contributed by atoms with Crippen molar-refractivity contribution in [1.29, 1.82) is 0 Å². The topological polar surface area (TPSA) is 43.1 Å². The lowest BCUT2D eigenvalue weighted by Crippen LogP contribution is -2.43. The van der Waals surface area contributed by atoms with Gasteiger partial charge in [-0.05, 0) is 18.9 Å². The Morgan fingerprint density at radius 1 is 1.36 bits per heavy atom. The summed E-state index contributed by atoms with van der Waals surface area (Å²) in [7, 11) is 0. The summed E-state index contributed by atoms with van der Waals surface area (Å²) in [6.07, 6.45) is 1.61. The van der Waals surface area contributed by atoms with Crippen molar-refractivity contribution in [1.82, 2.24) is 0 Å². The van der Waals surface area contributed by atoms with Gasteiger partial charge in [0.2, 0.25) is 0 Å². The number of ketones is 1. The third kappa shape index (κ3) is 2.02. The van der Waals surface area contributed by atoms with Crippen LogP contribution in [0.15, 0.2) is 30.3 Å². The molecule has 1 unspecified atom stereocenters. The van der Waals surface area contributed by atoms with Crippen LogP contribution in [0.5, 0.6) is 0 Å². The minimum Gasteiger partial charge on any atom is -0.315 e. The van der Waals surface area contributed by atoms with Crippen LogP contribution in [0.1, 0.15) is 32.3 Å². The van der Waals surface area contributed by atoms with Crippen molar-refractivity contribution in [2.24, 2.45) is 5.73 Å². The number of nitrogens with two attached hydrogens (primary N) is 1. The molecule has 1 aromatic rings. The van der Waals surface area contributed by atoms with E-state index in [4.69, 9.17) is 5.73 Å². The summed E-state index contributed by atoms with van der Waals surface area (Å²) < 4.78 is 0.